The van der Waals surface area contributed by atoms with Crippen LogP contribution in [0.15, 0.2) is 62.8 Å². The molecule has 0 radical (unpaired) electrons. The monoisotopic (exact) mass is 1220 g/mol. The summed E-state index contributed by atoms with van der Waals surface area (Å²) in [7, 11) is 0. The Morgan fingerprint density at radius 1 is 0.318 bits per heavy atom. The van der Waals surface area contributed by atoms with Gasteiger partial charge in [-0.1, -0.05) is 0 Å². The fraction of sp³-hybridized carbons (Fsp3) is 0.0364. The molecule has 0 atom stereocenters. The van der Waals surface area contributed by atoms with E-state index in [2.05, 4.69) is 20.0 Å². The number of benzene rings is 5. The minimum absolute atomic E-state index is 0.400. The van der Waals surface area contributed by atoms with Crippen molar-refractivity contribution in [3.05, 3.63) is 237 Å². The largest absolute Gasteiger partial charge is 0.354 e. The molecule has 0 unspecified atom stereocenters. The number of allylic oxidation sites excluding steroid dienone is 4. The number of nitrogens with zero attached hydrogens (tertiary/aromatic N) is 4. The van der Waals surface area contributed by atoms with Crippen LogP contribution < -0.4 is 16.0 Å². The van der Waals surface area contributed by atoms with Crippen molar-refractivity contribution in [3.63, 3.8) is 0 Å². The number of nitrogens with one attached hydrogen (secondary N) is 1. The third kappa shape index (κ3) is 7.60. The molecule has 4 aliphatic heterocycles. The Morgan fingerprint density at radius 3 is 1.14 bits per heavy atom. The Labute approximate surface area is 451 Å². The molecule has 3 aromatic heterocycles. The van der Waals surface area contributed by atoms with Crippen LogP contribution in [-0.2, 0) is 0 Å². The summed E-state index contributed by atoms with van der Waals surface area (Å²) in [4.78, 5) is 14.2. The van der Waals surface area contributed by atoms with E-state index in [-0.39, 0.29) is 0 Å². The number of fused-ring (bicyclic) bond motifs is 5. The van der Waals surface area contributed by atoms with E-state index in [1.807, 2.05) is 0 Å². The highest BCUT2D eigenvalue weighted by Crippen LogP contribution is 2.47. The van der Waals surface area contributed by atoms with Crippen molar-refractivity contribution in [2.24, 2.45) is 15.0 Å². The normalized spacial score (nSPS) is 14.9. The first-order chi connectivity index (χ1) is 40.1. The van der Waals surface area contributed by atoms with Crippen LogP contribution in [0.1, 0.15) is 40.8 Å². The first-order valence-corrected chi connectivity index (χ1v) is 23.3. The summed E-state index contributed by atoms with van der Waals surface area (Å²) in [6, 6.07) is 2.25. The highest BCUT2D eigenvalue weighted by Gasteiger charge is 2.41. The minimum atomic E-state index is -2.87. The Hall–Kier alpha value is -9.64. The Bertz CT molecular complexity index is 4800. The first-order valence-electron chi connectivity index (χ1n) is 23.3. The predicted octanol–water partition coefficient (Wildman–Crippen LogP) is 13.5. The van der Waals surface area contributed by atoms with E-state index >= 15 is 87.8 Å². The van der Waals surface area contributed by atoms with Gasteiger partial charge in [0, 0.05) is 38.6 Å². The molecule has 0 fully saturated rings. The zero-order valence-corrected chi connectivity index (χ0v) is 40.2. The van der Waals surface area contributed by atoms with Gasteiger partial charge in [-0.15, -0.1) is 0 Å². The second-order valence-electron chi connectivity index (χ2n) is 18.4. The molecule has 8 bridgehead atoms. The summed E-state index contributed by atoms with van der Waals surface area (Å²) in [5.74, 6) is -69.2. The number of hydrogen-bond acceptors (Lipinski definition) is 3. The van der Waals surface area contributed by atoms with Crippen LogP contribution in [0, 0.1) is 145 Å². The minimum Gasteiger partial charge on any atom is -0.354 e. The third-order valence-electron chi connectivity index (χ3n) is 14.0. The molecular weight excluding hydrogens is 1210 g/mol. The Kier molecular flexibility index (Phi) is 12.6. The van der Waals surface area contributed by atoms with Crippen molar-refractivity contribution >= 4 is 56.7 Å². The van der Waals surface area contributed by atoms with Gasteiger partial charge in [0.1, 0.15) is 0 Å². The second-order valence-corrected chi connectivity index (χ2v) is 18.4. The lowest BCUT2D eigenvalue weighted by Gasteiger charge is -2.15. The van der Waals surface area contributed by atoms with Crippen LogP contribution in [-0.4, -0.2) is 26.5 Å². The molecule has 432 valence electrons. The maximum absolute atomic E-state index is 16.5. The van der Waals surface area contributed by atoms with Crippen LogP contribution in [0.5, 0.6) is 0 Å². The number of halogens is 25. The molecular formula is C55H12F25N5. The fourth-order valence-electron chi connectivity index (χ4n) is 10.3. The van der Waals surface area contributed by atoms with Gasteiger partial charge in [-0.3, -0.25) is 4.99 Å². The summed E-state index contributed by atoms with van der Waals surface area (Å²) in [5, 5.41) is -3.19. The zero-order valence-electron chi connectivity index (χ0n) is 40.2. The molecule has 0 saturated carbocycles. The summed E-state index contributed by atoms with van der Waals surface area (Å²) in [6.45, 7) is 0. The maximum atomic E-state index is 16.5. The van der Waals surface area contributed by atoms with Gasteiger partial charge < -0.3 is 9.38 Å². The topological polar surface area (TPSA) is 57.3 Å². The quantitative estimate of drug-likeness (QED) is 0.101. The third-order valence-corrected chi connectivity index (χ3v) is 14.0. The summed E-state index contributed by atoms with van der Waals surface area (Å²) in [5.41, 5.74) is -26.6. The van der Waals surface area contributed by atoms with Crippen LogP contribution in [0.3, 0.4) is 0 Å². The molecule has 1 N–H and O–H groups in total. The van der Waals surface area contributed by atoms with Gasteiger partial charge in [-0.05, 0) is 55.3 Å². The van der Waals surface area contributed by atoms with Crippen LogP contribution in [0.4, 0.5) is 115 Å². The second kappa shape index (κ2) is 19.2. The number of aromatic amines is 1. The molecule has 0 amide bonds. The average Bonchev–Trinajstić information content (AvgIpc) is 1.67. The van der Waals surface area contributed by atoms with Gasteiger partial charge >= 0.3 is 0 Å². The predicted molar refractivity (Wildman–Crippen MR) is 246 cm³/mol. The zero-order chi connectivity index (χ0) is 61.3. The van der Waals surface area contributed by atoms with Crippen molar-refractivity contribution in [1.29, 1.82) is 0 Å². The Balaban J connectivity index is 1.36. The molecule has 0 aliphatic carbocycles. The highest BCUT2D eigenvalue weighted by atomic mass is 19.2. The number of hydrogen-bond donors (Lipinski definition) is 1. The van der Waals surface area contributed by atoms with Crippen molar-refractivity contribution in [1.82, 2.24) is 9.38 Å². The average molecular weight is 1220 g/mol. The molecule has 0 spiro atoms. The van der Waals surface area contributed by atoms with E-state index in [9.17, 15) is 22.0 Å². The number of rotatable bonds is 5. The molecule has 30 heteroatoms. The number of aliphatic imine (C=N–C) groups is 3. The molecule has 7 heterocycles. The van der Waals surface area contributed by atoms with Crippen LogP contribution in [0.25, 0.3) is 45.0 Å². The lowest BCUT2D eigenvalue weighted by molar-refractivity contribution is 0.376. The molecule has 85 heavy (non-hydrogen) atoms. The van der Waals surface area contributed by atoms with Crippen molar-refractivity contribution in [2.75, 3.05) is 0 Å². The van der Waals surface area contributed by atoms with Gasteiger partial charge in [0.2, 0.25) is 29.1 Å². The standard InChI is InChI=1S/C55H12F25N5/c56-30-25(31(57)41(67)50(76)40(30)66)20-10-1-2-11(81-10)21(26-32(58)42(68)51(77)43(69)33(26)59)13-5-6-15(83-13)23(28-36(62)46(72)53(79)47(73)37(28)63)17-7-8-18-24(29-38(64)48(74)54(80)49(75)39(29)65)55-19(85(17)18)9-16(84-55)22(14-4-3-12(20)82-14)27-34(60)44(70)52(78)45(71)35(27)61/h1-4,7-9,81H,5-6H2. The lowest BCUT2D eigenvalue weighted by Crippen LogP contribution is -2.24. The molecule has 4 aliphatic rings. The molecule has 5 aromatic carbocycles. The van der Waals surface area contributed by atoms with Gasteiger partial charge in [0.15, 0.2) is 116 Å². The SMILES string of the molecule is Fc1c(F)c(F)c(C2=C3C=CC(=N3)C(c3c(F)c(F)c(F)c(F)c3F)=c3ccc([nH]3)=C(c3c(F)c(F)c(F)c(F)c3F)C3=NC(=C(c4c(F)c(F)c(F)c(F)c4F)c4ccc5c(-c6c(F)c(F)c(F)c(F)c6F)c6c(n45)=CC2=N6)CC3)c(F)c1F. The van der Waals surface area contributed by atoms with E-state index in [0.29, 0.717) is 46.9 Å². The van der Waals surface area contributed by atoms with E-state index in [1.165, 1.54) is 0 Å². The molecule has 0 saturated heterocycles. The summed E-state index contributed by atoms with van der Waals surface area (Å²) in [6.07, 6.45) is -0.765. The van der Waals surface area contributed by atoms with Crippen molar-refractivity contribution < 1.29 is 110 Å². The van der Waals surface area contributed by atoms with E-state index in [0.717, 1.165) is 0 Å². The first kappa shape index (κ1) is 55.9. The molecule has 12 rings (SSSR count). The van der Waals surface area contributed by atoms with E-state index < -0.39 is 275 Å². The maximum Gasteiger partial charge on any atom is 0.200 e. The lowest BCUT2D eigenvalue weighted by atomic mass is 9.95. The molecule has 8 aromatic rings. The van der Waals surface area contributed by atoms with E-state index in [1.54, 1.807) is 0 Å². The van der Waals surface area contributed by atoms with Crippen molar-refractivity contribution in [2.45, 2.75) is 12.8 Å². The van der Waals surface area contributed by atoms with Gasteiger partial charge in [0.25, 0.3) is 0 Å². The molecule has 5 nitrogen and oxygen atoms in total. The van der Waals surface area contributed by atoms with E-state index in [4.69, 9.17) is 0 Å². The number of aromatic nitrogens is 2. The van der Waals surface area contributed by atoms with Gasteiger partial charge in [-0.2, -0.15) is 0 Å². The number of H-pyrrole nitrogens is 1. The fourth-order valence-corrected chi connectivity index (χ4v) is 10.3. The van der Waals surface area contributed by atoms with Crippen LogP contribution >= 0.6 is 0 Å². The van der Waals surface area contributed by atoms with Crippen LogP contribution in [0.2, 0.25) is 0 Å². The summed E-state index contributed by atoms with van der Waals surface area (Å²) >= 11 is 0. The van der Waals surface area contributed by atoms with Gasteiger partial charge in [0.05, 0.1) is 78.6 Å². The Morgan fingerprint density at radius 2 is 0.694 bits per heavy atom. The summed E-state index contributed by atoms with van der Waals surface area (Å²) < 4.78 is 390. The van der Waals surface area contributed by atoms with Crippen molar-refractivity contribution in [3.8, 4) is 11.1 Å². The van der Waals surface area contributed by atoms with Gasteiger partial charge in [-0.25, -0.2) is 120 Å². The smallest absolute Gasteiger partial charge is 0.200 e. The highest BCUT2D eigenvalue weighted by molar-refractivity contribution is 6.42.